The summed E-state index contributed by atoms with van der Waals surface area (Å²) in [4.78, 5) is 0.135. The van der Waals surface area contributed by atoms with Gasteiger partial charge in [-0.2, -0.15) is 8.42 Å². The van der Waals surface area contributed by atoms with Crippen LogP contribution in [0.3, 0.4) is 0 Å². The number of hydrogen-bond donors (Lipinski definition) is 0. The number of rotatable bonds is 4. The van der Waals surface area contributed by atoms with Gasteiger partial charge < -0.3 is 4.18 Å². The molecule has 0 aliphatic heterocycles. The quantitative estimate of drug-likeness (QED) is 0.681. The lowest BCUT2D eigenvalue weighted by Gasteiger charge is -2.08. The van der Waals surface area contributed by atoms with E-state index >= 15 is 0 Å². The molecule has 0 aliphatic rings. The highest BCUT2D eigenvalue weighted by atomic mass is 32.2. The molecular weight excluding hydrogens is 296 g/mol. The van der Waals surface area contributed by atoms with Crippen molar-refractivity contribution in [1.29, 1.82) is 0 Å². The predicted octanol–water partition coefficient (Wildman–Crippen LogP) is 4.12. The second-order valence-electron chi connectivity index (χ2n) is 4.74. The van der Waals surface area contributed by atoms with Crippen molar-refractivity contribution in [3.8, 4) is 16.9 Å². The summed E-state index contributed by atoms with van der Waals surface area (Å²) >= 11 is 0. The molecule has 0 amide bonds. The van der Waals surface area contributed by atoms with Gasteiger partial charge in [0.15, 0.2) is 0 Å². The Morgan fingerprint density at radius 3 is 1.68 bits per heavy atom. The van der Waals surface area contributed by atoms with Crippen LogP contribution in [0.4, 0.5) is 0 Å². The molecule has 0 aliphatic carbocycles. The van der Waals surface area contributed by atoms with Gasteiger partial charge in [0, 0.05) is 0 Å². The van der Waals surface area contributed by atoms with E-state index in [0.717, 1.165) is 11.1 Å². The fourth-order valence-corrected chi connectivity index (χ4v) is 3.03. The molecular formula is C18H14O3S. The monoisotopic (exact) mass is 310 g/mol. The molecule has 4 heteroatoms. The van der Waals surface area contributed by atoms with Crippen LogP contribution in [0.5, 0.6) is 5.75 Å². The third-order valence-corrected chi connectivity index (χ3v) is 4.46. The van der Waals surface area contributed by atoms with Gasteiger partial charge in [0.2, 0.25) is 0 Å². The molecule has 3 nitrogen and oxygen atoms in total. The lowest BCUT2D eigenvalue weighted by Crippen LogP contribution is -2.09. The van der Waals surface area contributed by atoms with E-state index in [1.165, 1.54) is 0 Å². The van der Waals surface area contributed by atoms with Crippen molar-refractivity contribution in [2.45, 2.75) is 4.90 Å². The average Bonchev–Trinajstić information content (AvgIpc) is 2.56. The second kappa shape index (κ2) is 6.03. The molecule has 0 atom stereocenters. The SMILES string of the molecule is O=S(=O)(Oc1ccccc1)c1ccc(-c2ccccc2)cc1. The maximum absolute atomic E-state index is 12.2. The first kappa shape index (κ1) is 14.4. The lowest BCUT2D eigenvalue weighted by molar-refractivity contribution is 0.486. The van der Waals surface area contributed by atoms with E-state index in [0.29, 0.717) is 5.75 Å². The summed E-state index contributed by atoms with van der Waals surface area (Å²) in [5, 5.41) is 0. The minimum absolute atomic E-state index is 0.135. The summed E-state index contributed by atoms with van der Waals surface area (Å²) in [6, 6.07) is 24.9. The van der Waals surface area contributed by atoms with Gasteiger partial charge in [0.25, 0.3) is 0 Å². The molecule has 0 N–H and O–H groups in total. The van der Waals surface area contributed by atoms with Crippen LogP contribution in [0.25, 0.3) is 11.1 Å². The Kier molecular flexibility index (Phi) is 3.94. The molecule has 0 fully saturated rings. The molecule has 0 aromatic heterocycles. The van der Waals surface area contributed by atoms with Gasteiger partial charge in [-0.3, -0.25) is 0 Å². The molecule has 22 heavy (non-hydrogen) atoms. The van der Waals surface area contributed by atoms with Crippen molar-refractivity contribution in [3.05, 3.63) is 84.9 Å². The van der Waals surface area contributed by atoms with E-state index in [-0.39, 0.29) is 4.90 Å². The predicted molar refractivity (Wildman–Crippen MR) is 86.1 cm³/mol. The van der Waals surface area contributed by atoms with Gasteiger partial charge in [0.1, 0.15) is 10.6 Å². The minimum Gasteiger partial charge on any atom is -0.379 e. The van der Waals surface area contributed by atoms with Gasteiger partial charge >= 0.3 is 10.1 Å². The van der Waals surface area contributed by atoms with Crippen LogP contribution in [0.15, 0.2) is 89.8 Å². The van der Waals surface area contributed by atoms with Crippen LogP contribution < -0.4 is 4.18 Å². The lowest BCUT2D eigenvalue weighted by atomic mass is 10.1. The summed E-state index contributed by atoms with van der Waals surface area (Å²) in [5.41, 5.74) is 2.00. The summed E-state index contributed by atoms with van der Waals surface area (Å²) in [5.74, 6) is 0.301. The summed E-state index contributed by atoms with van der Waals surface area (Å²) in [6.45, 7) is 0. The highest BCUT2D eigenvalue weighted by Crippen LogP contribution is 2.23. The van der Waals surface area contributed by atoms with Gasteiger partial charge in [-0.1, -0.05) is 60.7 Å². The Morgan fingerprint density at radius 2 is 1.09 bits per heavy atom. The Morgan fingerprint density at radius 1 is 0.591 bits per heavy atom. The zero-order chi connectivity index (χ0) is 15.4. The van der Waals surface area contributed by atoms with Gasteiger partial charge in [-0.05, 0) is 35.4 Å². The molecule has 0 heterocycles. The molecule has 3 aromatic rings. The van der Waals surface area contributed by atoms with Crippen LogP contribution >= 0.6 is 0 Å². The highest BCUT2D eigenvalue weighted by molar-refractivity contribution is 7.87. The Hall–Kier alpha value is -2.59. The van der Waals surface area contributed by atoms with E-state index in [1.54, 1.807) is 54.6 Å². The fraction of sp³-hybridized carbons (Fsp3) is 0. The topological polar surface area (TPSA) is 43.4 Å². The third-order valence-electron chi connectivity index (χ3n) is 3.20. The van der Waals surface area contributed by atoms with E-state index < -0.39 is 10.1 Å². The van der Waals surface area contributed by atoms with Crippen LogP contribution in [0.1, 0.15) is 0 Å². The van der Waals surface area contributed by atoms with Crippen LogP contribution in [0.2, 0.25) is 0 Å². The van der Waals surface area contributed by atoms with E-state index in [9.17, 15) is 8.42 Å². The molecule has 0 unspecified atom stereocenters. The first-order valence-corrected chi connectivity index (χ1v) is 8.21. The fourth-order valence-electron chi connectivity index (χ4n) is 2.10. The molecule has 3 aromatic carbocycles. The van der Waals surface area contributed by atoms with Crippen LogP contribution in [-0.2, 0) is 10.1 Å². The largest absolute Gasteiger partial charge is 0.379 e. The smallest absolute Gasteiger partial charge is 0.339 e. The van der Waals surface area contributed by atoms with Crippen LogP contribution in [-0.4, -0.2) is 8.42 Å². The van der Waals surface area contributed by atoms with Crippen molar-refractivity contribution >= 4 is 10.1 Å². The van der Waals surface area contributed by atoms with Crippen molar-refractivity contribution < 1.29 is 12.6 Å². The third kappa shape index (κ3) is 3.18. The molecule has 0 spiro atoms. The first-order valence-electron chi connectivity index (χ1n) is 6.80. The first-order chi connectivity index (χ1) is 10.6. The molecule has 0 radical (unpaired) electrons. The normalized spacial score (nSPS) is 11.1. The number of hydrogen-bond acceptors (Lipinski definition) is 3. The highest BCUT2D eigenvalue weighted by Gasteiger charge is 2.16. The Labute approximate surface area is 129 Å². The van der Waals surface area contributed by atoms with Gasteiger partial charge in [-0.15, -0.1) is 0 Å². The summed E-state index contributed by atoms with van der Waals surface area (Å²) < 4.78 is 29.6. The average molecular weight is 310 g/mol. The Bertz CT molecular complexity index is 840. The second-order valence-corrected chi connectivity index (χ2v) is 6.29. The van der Waals surface area contributed by atoms with E-state index in [4.69, 9.17) is 4.18 Å². The molecule has 0 saturated carbocycles. The van der Waals surface area contributed by atoms with Crippen molar-refractivity contribution in [3.63, 3.8) is 0 Å². The molecule has 110 valence electrons. The number of para-hydroxylation sites is 1. The molecule has 3 rings (SSSR count). The summed E-state index contributed by atoms with van der Waals surface area (Å²) in [7, 11) is -3.81. The number of benzene rings is 3. The van der Waals surface area contributed by atoms with Gasteiger partial charge in [-0.25, -0.2) is 0 Å². The van der Waals surface area contributed by atoms with Crippen molar-refractivity contribution in [2.75, 3.05) is 0 Å². The van der Waals surface area contributed by atoms with Crippen molar-refractivity contribution in [2.24, 2.45) is 0 Å². The zero-order valence-corrected chi connectivity index (χ0v) is 12.5. The maximum Gasteiger partial charge on any atom is 0.339 e. The van der Waals surface area contributed by atoms with Gasteiger partial charge in [0.05, 0.1) is 0 Å². The van der Waals surface area contributed by atoms with E-state index in [1.807, 2.05) is 30.3 Å². The summed E-state index contributed by atoms with van der Waals surface area (Å²) in [6.07, 6.45) is 0. The van der Waals surface area contributed by atoms with E-state index in [2.05, 4.69) is 0 Å². The maximum atomic E-state index is 12.2. The van der Waals surface area contributed by atoms with Crippen LogP contribution in [0, 0.1) is 0 Å². The zero-order valence-electron chi connectivity index (χ0n) is 11.7. The molecule has 0 saturated heterocycles. The molecule has 0 bridgehead atoms. The standard InChI is InChI=1S/C18H14O3S/c19-22(20,21-17-9-5-2-6-10-17)18-13-11-16(12-14-18)15-7-3-1-4-8-15/h1-14H. The minimum atomic E-state index is -3.81. The Balaban J connectivity index is 1.86. The van der Waals surface area contributed by atoms with Crippen molar-refractivity contribution in [1.82, 2.24) is 0 Å².